The molecule has 94 valence electrons. The lowest BCUT2D eigenvalue weighted by molar-refractivity contribution is -0.141. The summed E-state index contributed by atoms with van der Waals surface area (Å²) >= 11 is 0. The molecule has 1 saturated carbocycles. The molecule has 2 atom stereocenters. The van der Waals surface area contributed by atoms with Crippen molar-refractivity contribution in [3.05, 3.63) is 23.9 Å². The summed E-state index contributed by atoms with van der Waals surface area (Å²) in [5.74, 6) is 0.810. The molecule has 1 aliphatic carbocycles. The molecule has 1 aromatic rings. The predicted molar refractivity (Wildman–Crippen MR) is 59.7 cm³/mol. The Morgan fingerprint density at radius 2 is 2.06 bits per heavy atom. The van der Waals surface area contributed by atoms with E-state index < -0.39 is 11.9 Å². The van der Waals surface area contributed by atoms with Crippen LogP contribution in [0.15, 0.2) is 18.2 Å². The maximum absolute atomic E-state index is 12.5. The van der Waals surface area contributed by atoms with E-state index in [4.69, 9.17) is 0 Å². The highest BCUT2D eigenvalue weighted by Gasteiger charge is 2.32. The summed E-state index contributed by atoms with van der Waals surface area (Å²) in [6.45, 7) is 2.11. The van der Waals surface area contributed by atoms with Crippen molar-refractivity contribution in [2.45, 2.75) is 38.4 Å². The highest BCUT2D eigenvalue weighted by molar-refractivity contribution is 5.37. The van der Waals surface area contributed by atoms with E-state index in [1.165, 1.54) is 6.07 Å². The molecule has 1 aliphatic rings. The van der Waals surface area contributed by atoms with Crippen molar-refractivity contribution in [2.24, 2.45) is 5.92 Å². The van der Waals surface area contributed by atoms with Gasteiger partial charge in [0.05, 0.1) is 0 Å². The Bertz CT molecular complexity index is 390. The van der Waals surface area contributed by atoms with Crippen molar-refractivity contribution in [1.82, 2.24) is 4.98 Å². The number of alkyl halides is 3. The highest BCUT2D eigenvalue weighted by atomic mass is 19.4. The quantitative estimate of drug-likeness (QED) is 0.858. The molecule has 2 rings (SSSR count). The lowest BCUT2D eigenvalue weighted by Gasteiger charge is -2.18. The Hall–Kier alpha value is -1.26. The lowest BCUT2D eigenvalue weighted by Crippen LogP contribution is -2.23. The van der Waals surface area contributed by atoms with Crippen LogP contribution in [-0.4, -0.2) is 11.0 Å². The molecule has 0 spiro atoms. The van der Waals surface area contributed by atoms with Crippen molar-refractivity contribution < 1.29 is 13.2 Å². The molecule has 17 heavy (non-hydrogen) atoms. The fraction of sp³-hybridized carbons (Fsp3) is 0.583. The first kappa shape index (κ1) is 12.2. The second-order valence-electron chi connectivity index (χ2n) is 4.56. The Morgan fingerprint density at radius 1 is 1.29 bits per heavy atom. The Labute approximate surface area is 98.2 Å². The van der Waals surface area contributed by atoms with Gasteiger partial charge in [0.25, 0.3) is 0 Å². The number of pyridine rings is 1. The molecule has 2 nitrogen and oxygen atoms in total. The zero-order valence-corrected chi connectivity index (χ0v) is 9.59. The van der Waals surface area contributed by atoms with Gasteiger partial charge in [0, 0.05) is 6.04 Å². The first-order valence-corrected chi connectivity index (χ1v) is 5.77. The maximum atomic E-state index is 12.5. The zero-order valence-electron chi connectivity index (χ0n) is 9.59. The number of nitrogens with zero attached hydrogens (tertiary/aromatic N) is 1. The Morgan fingerprint density at radius 3 is 2.65 bits per heavy atom. The third-order valence-corrected chi connectivity index (χ3v) is 3.23. The summed E-state index contributed by atoms with van der Waals surface area (Å²) in [6, 6.07) is 4.20. The molecule has 2 unspecified atom stereocenters. The zero-order chi connectivity index (χ0) is 12.5. The van der Waals surface area contributed by atoms with Crippen LogP contribution in [0.5, 0.6) is 0 Å². The predicted octanol–water partition coefficient (Wildman–Crippen LogP) is 3.70. The normalized spacial score (nSPS) is 24.9. The van der Waals surface area contributed by atoms with Gasteiger partial charge in [0.2, 0.25) is 0 Å². The van der Waals surface area contributed by atoms with Crippen molar-refractivity contribution in [1.29, 1.82) is 0 Å². The monoisotopic (exact) mass is 244 g/mol. The lowest BCUT2D eigenvalue weighted by atomic mass is 10.1. The molecular weight excluding hydrogens is 229 g/mol. The molecule has 0 radical (unpaired) electrons. The minimum absolute atomic E-state index is 0.242. The molecule has 0 bridgehead atoms. The number of hydrogen-bond acceptors (Lipinski definition) is 2. The van der Waals surface area contributed by atoms with Crippen LogP contribution in [0.3, 0.4) is 0 Å². The van der Waals surface area contributed by atoms with Crippen LogP contribution in [0.25, 0.3) is 0 Å². The summed E-state index contributed by atoms with van der Waals surface area (Å²) in [5.41, 5.74) is -0.840. The van der Waals surface area contributed by atoms with Crippen molar-refractivity contribution in [2.75, 3.05) is 5.32 Å². The van der Waals surface area contributed by atoms with Gasteiger partial charge in [0.15, 0.2) is 0 Å². The number of rotatable bonds is 2. The average molecular weight is 244 g/mol. The summed E-state index contributed by atoms with van der Waals surface area (Å²) in [7, 11) is 0. The fourth-order valence-electron chi connectivity index (χ4n) is 2.22. The van der Waals surface area contributed by atoms with Gasteiger partial charge in [-0.05, 0) is 30.9 Å². The number of hydrogen-bond donors (Lipinski definition) is 1. The van der Waals surface area contributed by atoms with E-state index in [1.807, 2.05) is 0 Å². The maximum Gasteiger partial charge on any atom is 0.433 e. The molecule has 0 amide bonds. The van der Waals surface area contributed by atoms with Gasteiger partial charge in [0.1, 0.15) is 11.5 Å². The molecule has 0 aromatic carbocycles. The smallest absolute Gasteiger partial charge is 0.367 e. The summed E-state index contributed by atoms with van der Waals surface area (Å²) in [6.07, 6.45) is -1.13. The largest absolute Gasteiger partial charge is 0.433 e. The first-order chi connectivity index (χ1) is 7.97. The minimum Gasteiger partial charge on any atom is -0.367 e. The molecular formula is C12H15F3N2. The van der Waals surface area contributed by atoms with Gasteiger partial charge >= 0.3 is 6.18 Å². The van der Waals surface area contributed by atoms with E-state index in [-0.39, 0.29) is 6.04 Å². The van der Waals surface area contributed by atoms with Gasteiger partial charge in [-0.2, -0.15) is 13.2 Å². The second-order valence-corrected chi connectivity index (χ2v) is 4.56. The second kappa shape index (κ2) is 4.55. The SMILES string of the molecule is CC1CCCC1Nc1cccc(C(F)(F)F)n1. The van der Waals surface area contributed by atoms with Crippen molar-refractivity contribution >= 4 is 5.82 Å². The third kappa shape index (κ3) is 2.90. The number of anilines is 1. The number of aromatic nitrogens is 1. The van der Waals surface area contributed by atoms with Crippen LogP contribution in [-0.2, 0) is 6.18 Å². The topological polar surface area (TPSA) is 24.9 Å². The first-order valence-electron chi connectivity index (χ1n) is 5.77. The third-order valence-electron chi connectivity index (χ3n) is 3.23. The molecule has 0 saturated heterocycles. The summed E-state index contributed by atoms with van der Waals surface area (Å²) in [4.78, 5) is 3.61. The number of halogens is 3. The van der Waals surface area contributed by atoms with Crippen LogP contribution < -0.4 is 5.32 Å². The van der Waals surface area contributed by atoms with E-state index in [1.54, 1.807) is 6.07 Å². The Balaban J connectivity index is 2.11. The van der Waals surface area contributed by atoms with Crippen LogP contribution in [0.2, 0.25) is 0 Å². The van der Waals surface area contributed by atoms with Crippen molar-refractivity contribution in [3.63, 3.8) is 0 Å². The van der Waals surface area contributed by atoms with E-state index in [9.17, 15) is 13.2 Å². The summed E-state index contributed by atoms with van der Waals surface area (Å²) < 4.78 is 37.4. The molecule has 0 aliphatic heterocycles. The molecule has 5 heteroatoms. The molecule has 1 heterocycles. The standard InChI is InChI=1S/C12H15F3N2/c1-8-4-2-5-9(8)16-11-7-3-6-10(17-11)12(13,14)15/h3,6-9H,2,4-5H2,1H3,(H,16,17). The van der Waals surface area contributed by atoms with Crippen LogP contribution in [0, 0.1) is 5.92 Å². The van der Waals surface area contributed by atoms with Gasteiger partial charge < -0.3 is 5.32 Å². The van der Waals surface area contributed by atoms with Crippen LogP contribution in [0.4, 0.5) is 19.0 Å². The van der Waals surface area contributed by atoms with Gasteiger partial charge in [-0.3, -0.25) is 0 Å². The molecule has 1 fully saturated rings. The van der Waals surface area contributed by atoms with Gasteiger partial charge in [-0.25, -0.2) is 4.98 Å². The van der Waals surface area contributed by atoms with Crippen LogP contribution >= 0.6 is 0 Å². The number of nitrogens with one attached hydrogen (secondary N) is 1. The van der Waals surface area contributed by atoms with E-state index >= 15 is 0 Å². The van der Waals surface area contributed by atoms with E-state index in [0.29, 0.717) is 11.7 Å². The average Bonchev–Trinajstić information content (AvgIpc) is 2.64. The minimum atomic E-state index is -4.38. The molecule has 1 N–H and O–H groups in total. The van der Waals surface area contributed by atoms with Crippen LogP contribution in [0.1, 0.15) is 31.9 Å². The van der Waals surface area contributed by atoms with Gasteiger partial charge in [-0.15, -0.1) is 0 Å². The molecule has 1 aromatic heterocycles. The van der Waals surface area contributed by atoms with E-state index in [2.05, 4.69) is 17.2 Å². The highest BCUT2D eigenvalue weighted by Crippen LogP contribution is 2.30. The Kier molecular flexibility index (Phi) is 3.26. The van der Waals surface area contributed by atoms with Gasteiger partial charge in [-0.1, -0.05) is 19.4 Å². The van der Waals surface area contributed by atoms with E-state index in [0.717, 1.165) is 25.3 Å². The summed E-state index contributed by atoms with van der Waals surface area (Å²) in [5, 5.41) is 3.09. The fourth-order valence-corrected chi connectivity index (χ4v) is 2.22. The van der Waals surface area contributed by atoms with Crippen molar-refractivity contribution in [3.8, 4) is 0 Å².